The zero-order valence-corrected chi connectivity index (χ0v) is 11.0. The van der Waals surface area contributed by atoms with Crippen LogP contribution in [0.15, 0.2) is 9.99 Å². The van der Waals surface area contributed by atoms with Gasteiger partial charge >= 0.3 is 5.97 Å². The van der Waals surface area contributed by atoms with E-state index in [1.807, 2.05) is 0 Å². The van der Waals surface area contributed by atoms with Gasteiger partial charge in [-0.05, 0) is 20.3 Å². The van der Waals surface area contributed by atoms with Gasteiger partial charge in [-0.15, -0.1) is 0 Å². The van der Waals surface area contributed by atoms with Crippen LogP contribution in [0.5, 0.6) is 0 Å². The number of carbonyl (C=O) groups excluding carboxylic acids is 2. The van der Waals surface area contributed by atoms with Gasteiger partial charge in [0.1, 0.15) is 12.0 Å². The van der Waals surface area contributed by atoms with Crippen molar-refractivity contribution < 1.29 is 18.7 Å². The molecule has 0 N–H and O–H groups in total. The fourth-order valence-corrected chi connectivity index (χ4v) is 2.44. The molecule has 1 heterocycles. The highest BCUT2D eigenvalue weighted by Gasteiger charge is 2.28. The maximum atomic E-state index is 11.7. The maximum absolute atomic E-state index is 11.7. The van der Waals surface area contributed by atoms with Gasteiger partial charge < -0.3 is 9.15 Å². The highest BCUT2D eigenvalue weighted by Crippen LogP contribution is 2.38. The number of rotatable bonds is 3. The first kappa shape index (κ1) is 12.9. The molecule has 0 aromatic carbocycles. The molecule has 0 spiro atoms. The average Bonchev–Trinajstić information content (AvgIpc) is 2.68. The van der Waals surface area contributed by atoms with E-state index in [4.69, 9.17) is 20.8 Å². The maximum Gasteiger partial charge on any atom is 0.374 e. The van der Waals surface area contributed by atoms with Crippen LogP contribution in [0.2, 0.25) is 0 Å². The quantitative estimate of drug-likeness (QED) is 0.625. The Morgan fingerprint density at radius 3 is 2.83 bits per heavy atom. The SMILES string of the molecule is CCOC(=O)c1oc2c(c1C)C(Cl)=C(C=O)CC2. The smallest absolute Gasteiger partial charge is 0.374 e. The van der Waals surface area contributed by atoms with E-state index in [1.165, 1.54) is 0 Å². The summed E-state index contributed by atoms with van der Waals surface area (Å²) < 4.78 is 10.4. The van der Waals surface area contributed by atoms with Gasteiger partial charge in [0, 0.05) is 23.1 Å². The monoisotopic (exact) mass is 268 g/mol. The van der Waals surface area contributed by atoms with Crippen molar-refractivity contribution in [1.82, 2.24) is 0 Å². The number of furan rings is 1. The van der Waals surface area contributed by atoms with Crippen molar-refractivity contribution in [2.45, 2.75) is 26.7 Å². The predicted octanol–water partition coefficient (Wildman–Crippen LogP) is 2.86. The Balaban J connectivity index is 2.50. The van der Waals surface area contributed by atoms with Crippen LogP contribution in [0.1, 0.15) is 40.8 Å². The summed E-state index contributed by atoms with van der Waals surface area (Å²) in [6.45, 7) is 3.75. The van der Waals surface area contributed by atoms with Gasteiger partial charge in [0.2, 0.25) is 5.76 Å². The minimum atomic E-state index is -0.499. The summed E-state index contributed by atoms with van der Waals surface area (Å²) in [6.07, 6.45) is 1.85. The van der Waals surface area contributed by atoms with Crippen molar-refractivity contribution in [3.8, 4) is 0 Å². The van der Waals surface area contributed by atoms with E-state index in [2.05, 4.69) is 0 Å². The summed E-state index contributed by atoms with van der Waals surface area (Å²) in [4.78, 5) is 22.6. The molecular formula is C13H13ClO4. The average molecular weight is 269 g/mol. The van der Waals surface area contributed by atoms with Crippen LogP contribution in [-0.2, 0) is 16.0 Å². The molecule has 0 fully saturated rings. The van der Waals surface area contributed by atoms with Crippen LogP contribution < -0.4 is 0 Å². The zero-order valence-electron chi connectivity index (χ0n) is 10.2. The minimum Gasteiger partial charge on any atom is -0.460 e. The lowest BCUT2D eigenvalue weighted by Gasteiger charge is -2.11. The van der Waals surface area contributed by atoms with E-state index in [1.54, 1.807) is 13.8 Å². The molecule has 96 valence electrons. The Hall–Kier alpha value is -1.55. The lowest BCUT2D eigenvalue weighted by Crippen LogP contribution is -2.05. The highest BCUT2D eigenvalue weighted by molar-refractivity contribution is 6.51. The Labute approximate surface area is 110 Å². The molecule has 5 heteroatoms. The molecule has 2 rings (SSSR count). The van der Waals surface area contributed by atoms with Crippen LogP contribution in [0, 0.1) is 6.92 Å². The first-order valence-corrected chi connectivity index (χ1v) is 6.11. The third-order valence-electron chi connectivity index (χ3n) is 2.95. The van der Waals surface area contributed by atoms with E-state index in [9.17, 15) is 9.59 Å². The van der Waals surface area contributed by atoms with Gasteiger partial charge in [0.05, 0.1) is 11.6 Å². The Morgan fingerprint density at radius 1 is 1.50 bits per heavy atom. The van der Waals surface area contributed by atoms with Gasteiger partial charge in [-0.1, -0.05) is 11.6 Å². The molecule has 1 aliphatic rings. The molecule has 1 aliphatic carbocycles. The molecule has 1 aromatic heterocycles. The van der Waals surface area contributed by atoms with E-state index < -0.39 is 5.97 Å². The third kappa shape index (κ3) is 1.97. The molecule has 0 atom stereocenters. The number of hydrogen-bond donors (Lipinski definition) is 0. The summed E-state index contributed by atoms with van der Waals surface area (Å²) >= 11 is 6.15. The minimum absolute atomic E-state index is 0.173. The number of esters is 1. The van der Waals surface area contributed by atoms with Gasteiger partial charge in [-0.25, -0.2) is 4.79 Å². The third-order valence-corrected chi connectivity index (χ3v) is 3.38. The van der Waals surface area contributed by atoms with E-state index in [-0.39, 0.29) is 12.4 Å². The molecule has 0 aliphatic heterocycles. The first-order valence-electron chi connectivity index (χ1n) is 5.73. The Bertz CT molecular complexity index is 539. The molecule has 0 saturated heterocycles. The summed E-state index contributed by atoms with van der Waals surface area (Å²) in [5.41, 5.74) is 1.84. The molecule has 0 radical (unpaired) electrons. The molecule has 1 aromatic rings. The molecule has 0 bridgehead atoms. The molecule has 4 nitrogen and oxygen atoms in total. The number of ether oxygens (including phenoxy) is 1. The molecular weight excluding hydrogens is 256 g/mol. The summed E-state index contributed by atoms with van der Waals surface area (Å²) in [5, 5.41) is 0.378. The van der Waals surface area contributed by atoms with Crippen LogP contribution >= 0.6 is 11.6 Å². The standard InChI is InChI=1S/C13H13ClO4/c1-3-17-13(16)12-7(2)10-9(18-12)5-4-8(6-15)11(10)14/h6H,3-5H2,1-2H3. The predicted molar refractivity (Wildman–Crippen MR) is 66.6 cm³/mol. The van der Waals surface area contributed by atoms with Crippen molar-refractivity contribution in [1.29, 1.82) is 0 Å². The number of fused-ring (bicyclic) bond motifs is 1. The second-order valence-electron chi connectivity index (χ2n) is 4.03. The second kappa shape index (κ2) is 4.98. The van der Waals surface area contributed by atoms with E-state index in [0.29, 0.717) is 40.3 Å². The fourth-order valence-electron chi connectivity index (χ4n) is 2.06. The summed E-state index contributed by atoms with van der Waals surface area (Å²) in [6, 6.07) is 0. The van der Waals surface area contributed by atoms with E-state index in [0.717, 1.165) is 6.29 Å². The fraction of sp³-hybridized carbons (Fsp3) is 0.385. The van der Waals surface area contributed by atoms with E-state index >= 15 is 0 Å². The number of halogens is 1. The first-order chi connectivity index (χ1) is 8.60. The Kier molecular flexibility index (Phi) is 3.57. The second-order valence-corrected chi connectivity index (χ2v) is 4.41. The Morgan fingerprint density at radius 2 is 2.22 bits per heavy atom. The van der Waals surface area contributed by atoms with Gasteiger partial charge in [-0.2, -0.15) is 0 Å². The topological polar surface area (TPSA) is 56.5 Å². The largest absolute Gasteiger partial charge is 0.460 e. The lowest BCUT2D eigenvalue weighted by molar-refractivity contribution is -0.105. The number of carbonyl (C=O) groups is 2. The number of aryl methyl sites for hydroxylation is 1. The highest BCUT2D eigenvalue weighted by atomic mass is 35.5. The number of allylic oxidation sites excluding steroid dienone is 1. The lowest BCUT2D eigenvalue weighted by atomic mass is 9.96. The number of hydrogen-bond acceptors (Lipinski definition) is 4. The van der Waals surface area contributed by atoms with Crippen molar-refractivity contribution >= 4 is 28.9 Å². The molecule has 0 saturated carbocycles. The van der Waals surface area contributed by atoms with Crippen LogP contribution in [0.4, 0.5) is 0 Å². The number of aldehydes is 1. The normalized spacial score (nSPS) is 14.4. The van der Waals surface area contributed by atoms with Crippen LogP contribution in [-0.4, -0.2) is 18.9 Å². The van der Waals surface area contributed by atoms with Crippen molar-refractivity contribution in [3.05, 3.63) is 28.2 Å². The van der Waals surface area contributed by atoms with Crippen LogP contribution in [0.3, 0.4) is 0 Å². The van der Waals surface area contributed by atoms with Crippen molar-refractivity contribution in [2.75, 3.05) is 6.61 Å². The molecule has 0 unspecified atom stereocenters. The van der Waals surface area contributed by atoms with Crippen molar-refractivity contribution in [3.63, 3.8) is 0 Å². The zero-order chi connectivity index (χ0) is 13.3. The molecule has 0 amide bonds. The van der Waals surface area contributed by atoms with Gasteiger partial charge in [0.25, 0.3) is 0 Å². The van der Waals surface area contributed by atoms with Crippen molar-refractivity contribution in [2.24, 2.45) is 0 Å². The summed E-state index contributed by atoms with van der Waals surface area (Å²) in [7, 11) is 0. The van der Waals surface area contributed by atoms with Gasteiger partial charge in [-0.3, -0.25) is 4.79 Å². The summed E-state index contributed by atoms with van der Waals surface area (Å²) in [5.74, 6) is 0.319. The molecule has 18 heavy (non-hydrogen) atoms. The van der Waals surface area contributed by atoms with Crippen LogP contribution in [0.25, 0.3) is 5.03 Å². The van der Waals surface area contributed by atoms with Gasteiger partial charge in [0.15, 0.2) is 0 Å².